The first-order valence-electron chi connectivity index (χ1n) is 6.07. The molecule has 1 saturated heterocycles. The molecule has 2 atom stereocenters. The van der Waals surface area contributed by atoms with Crippen molar-refractivity contribution in [3.05, 3.63) is 0 Å². The summed E-state index contributed by atoms with van der Waals surface area (Å²) in [6.45, 7) is 1.00. The van der Waals surface area contributed by atoms with Gasteiger partial charge in [-0.05, 0) is 26.3 Å². The van der Waals surface area contributed by atoms with Gasteiger partial charge in [0.1, 0.15) is 6.61 Å². The van der Waals surface area contributed by atoms with Gasteiger partial charge in [-0.1, -0.05) is 6.42 Å². The van der Waals surface area contributed by atoms with E-state index in [1.165, 1.54) is 0 Å². The maximum atomic E-state index is 11.8. The normalized spacial score (nSPS) is 21.4. The molecule has 1 amide bonds. The van der Waals surface area contributed by atoms with Crippen molar-refractivity contribution < 1.29 is 22.7 Å². The first-order chi connectivity index (χ1) is 8.38. The van der Waals surface area contributed by atoms with Crippen LogP contribution in [0.3, 0.4) is 0 Å². The van der Waals surface area contributed by atoms with Gasteiger partial charge in [0.15, 0.2) is 0 Å². The number of alkyl halides is 3. The van der Waals surface area contributed by atoms with Crippen LogP contribution in [0.4, 0.5) is 13.2 Å². The van der Waals surface area contributed by atoms with Crippen molar-refractivity contribution in [3.63, 3.8) is 0 Å². The lowest BCUT2D eigenvalue weighted by Gasteiger charge is -2.24. The summed E-state index contributed by atoms with van der Waals surface area (Å²) in [5.74, 6) is -0.169. The van der Waals surface area contributed by atoms with Crippen LogP contribution in [0, 0.1) is 0 Å². The number of amides is 1. The molecule has 2 N–H and O–H groups in total. The zero-order valence-corrected chi connectivity index (χ0v) is 11.6. The lowest BCUT2D eigenvalue weighted by Crippen LogP contribution is -2.50. The number of rotatable bonds is 5. The average molecular weight is 305 g/mol. The summed E-state index contributed by atoms with van der Waals surface area (Å²) < 4.78 is 40.0. The fraction of sp³-hybridized carbons (Fsp3) is 0.909. The number of nitrogens with one attached hydrogen (secondary N) is 2. The second-order valence-corrected chi connectivity index (χ2v) is 4.54. The number of carbonyl (C=O) groups is 1. The molecule has 1 aliphatic rings. The van der Waals surface area contributed by atoms with Crippen LogP contribution < -0.4 is 10.6 Å². The Morgan fingerprint density at radius 1 is 1.47 bits per heavy atom. The summed E-state index contributed by atoms with van der Waals surface area (Å²) in [4.78, 5) is 11.7. The van der Waals surface area contributed by atoms with Crippen molar-refractivity contribution in [2.75, 3.05) is 19.8 Å². The van der Waals surface area contributed by atoms with E-state index in [4.69, 9.17) is 0 Å². The lowest BCUT2D eigenvalue weighted by atomic mass is 10.0. The van der Waals surface area contributed by atoms with Gasteiger partial charge in [0.2, 0.25) is 5.91 Å². The van der Waals surface area contributed by atoms with Gasteiger partial charge < -0.3 is 15.4 Å². The standard InChI is InChI=1S/C11H19F3N2O2.ClH/c1-8(6-18-7-11(12,13)14)16-10(17)9-4-2-3-5-15-9;/h8-9,15H,2-7H2,1H3,(H,16,17);1H. The lowest BCUT2D eigenvalue weighted by molar-refractivity contribution is -0.175. The Labute approximate surface area is 116 Å². The highest BCUT2D eigenvalue weighted by Crippen LogP contribution is 2.14. The van der Waals surface area contributed by atoms with Gasteiger partial charge in [0, 0.05) is 6.04 Å². The first-order valence-corrected chi connectivity index (χ1v) is 6.07. The highest BCUT2D eigenvalue weighted by molar-refractivity contribution is 5.85. The molecule has 8 heteroatoms. The van der Waals surface area contributed by atoms with Crippen LogP contribution in [0.5, 0.6) is 0 Å². The maximum Gasteiger partial charge on any atom is 0.411 e. The third-order valence-electron chi connectivity index (χ3n) is 2.65. The zero-order valence-electron chi connectivity index (χ0n) is 10.8. The number of piperidine rings is 1. The molecule has 0 saturated carbocycles. The minimum atomic E-state index is -4.32. The van der Waals surface area contributed by atoms with E-state index in [0.29, 0.717) is 0 Å². The predicted octanol–water partition coefficient (Wildman–Crippen LogP) is 1.63. The summed E-state index contributed by atoms with van der Waals surface area (Å²) in [6, 6.07) is -0.660. The van der Waals surface area contributed by atoms with Crippen molar-refractivity contribution in [2.24, 2.45) is 0 Å². The Morgan fingerprint density at radius 3 is 2.68 bits per heavy atom. The van der Waals surface area contributed by atoms with Crippen molar-refractivity contribution >= 4 is 18.3 Å². The average Bonchev–Trinajstić information content (AvgIpc) is 2.28. The molecule has 2 unspecified atom stereocenters. The summed E-state index contributed by atoms with van der Waals surface area (Å²) in [6.07, 6.45) is -1.52. The topological polar surface area (TPSA) is 50.4 Å². The van der Waals surface area contributed by atoms with E-state index in [2.05, 4.69) is 15.4 Å². The highest BCUT2D eigenvalue weighted by Gasteiger charge is 2.28. The zero-order chi connectivity index (χ0) is 13.6. The molecule has 0 aliphatic carbocycles. The van der Waals surface area contributed by atoms with Crippen molar-refractivity contribution in [3.8, 4) is 0 Å². The predicted molar refractivity (Wildman–Crippen MR) is 67.4 cm³/mol. The van der Waals surface area contributed by atoms with Gasteiger partial charge in [0.25, 0.3) is 0 Å². The number of halogens is 4. The summed E-state index contributed by atoms with van der Waals surface area (Å²) in [7, 11) is 0. The van der Waals surface area contributed by atoms with Crippen LogP contribution in [0.25, 0.3) is 0 Å². The smallest absolute Gasteiger partial charge is 0.370 e. The Morgan fingerprint density at radius 2 is 2.16 bits per heavy atom. The SMILES string of the molecule is CC(COCC(F)(F)F)NC(=O)C1CCCCN1.Cl. The molecular formula is C11H20ClF3N2O2. The molecule has 1 rings (SSSR count). The summed E-state index contributed by atoms with van der Waals surface area (Å²) >= 11 is 0. The van der Waals surface area contributed by atoms with E-state index in [-0.39, 0.29) is 31.0 Å². The van der Waals surface area contributed by atoms with Gasteiger partial charge in [0.05, 0.1) is 12.6 Å². The molecule has 4 nitrogen and oxygen atoms in total. The molecular weight excluding hydrogens is 285 g/mol. The number of hydrogen-bond acceptors (Lipinski definition) is 3. The fourth-order valence-corrected chi connectivity index (χ4v) is 1.81. The molecule has 0 radical (unpaired) electrons. The van der Waals surface area contributed by atoms with Crippen LogP contribution in [0.2, 0.25) is 0 Å². The van der Waals surface area contributed by atoms with Gasteiger partial charge in [-0.15, -0.1) is 12.4 Å². The van der Waals surface area contributed by atoms with Crippen LogP contribution in [0.1, 0.15) is 26.2 Å². The minimum absolute atomic E-state index is 0. The molecule has 0 aromatic heterocycles. The molecule has 0 spiro atoms. The summed E-state index contributed by atoms with van der Waals surface area (Å²) in [5, 5.41) is 5.71. The first kappa shape index (κ1) is 18.5. The third kappa shape index (κ3) is 8.28. The summed E-state index contributed by atoms with van der Waals surface area (Å²) in [5.41, 5.74) is 0. The van der Waals surface area contributed by atoms with Gasteiger partial charge in [-0.2, -0.15) is 13.2 Å². The van der Waals surface area contributed by atoms with Gasteiger partial charge in [-0.25, -0.2) is 0 Å². The number of hydrogen-bond donors (Lipinski definition) is 2. The molecule has 114 valence electrons. The quantitative estimate of drug-likeness (QED) is 0.812. The molecule has 1 aliphatic heterocycles. The van der Waals surface area contributed by atoms with Gasteiger partial charge in [-0.3, -0.25) is 4.79 Å². The van der Waals surface area contributed by atoms with Crippen molar-refractivity contribution in [1.82, 2.24) is 10.6 Å². The molecule has 1 heterocycles. The van der Waals surface area contributed by atoms with E-state index in [1.54, 1.807) is 6.92 Å². The van der Waals surface area contributed by atoms with Crippen LogP contribution in [-0.2, 0) is 9.53 Å². The van der Waals surface area contributed by atoms with E-state index < -0.39 is 18.8 Å². The molecule has 0 bridgehead atoms. The fourth-order valence-electron chi connectivity index (χ4n) is 1.81. The Kier molecular flexibility index (Phi) is 8.36. The van der Waals surface area contributed by atoms with Crippen LogP contribution in [0.15, 0.2) is 0 Å². The molecule has 0 aromatic rings. The van der Waals surface area contributed by atoms with Crippen molar-refractivity contribution in [1.29, 1.82) is 0 Å². The monoisotopic (exact) mass is 304 g/mol. The second kappa shape index (κ2) is 8.60. The molecule has 1 fully saturated rings. The Bertz CT molecular complexity index is 271. The largest absolute Gasteiger partial charge is 0.411 e. The third-order valence-corrected chi connectivity index (χ3v) is 2.65. The van der Waals surface area contributed by atoms with Crippen LogP contribution in [-0.4, -0.2) is 43.9 Å². The Balaban J connectivity index is 0.00000324. The second-order valence-electron chi connectivity index (χ2n) is 4.54. The van der Waals surface area contributed by atoms with Crippen molar-refractivity contribution in [2.45, 2.75) is 44.4 Å². The molecule has 19 heavy (non-hydrogen) atoms. The van der Waals surface area contributed by atoms with E-state index in [1.807, 2.05) is 0 Å². The maximum absolute atomic E-state index is 11.8. The number of carbonyl (C=O) groups excluding carboxylic acids is 1. The van der Waals surface area contributed by atoms with E-state index in [9.17, 15) is 18.0 Å². The number of ether oxygens (including phenoxy) is 1. The molecule has 0 aromatic carbocycles. The minimum Gasteiger partial charge on any atom is -0.370 e. The highest BCUT2D eigenvalue weighted by atomic mass is 35.5. The Hall–Kier alpha value is -0.530. The van der Waals surface area contributed by atoms with Crippen LogP contribution >= 0.6 is 12.4 Å². The van der Waals surface area contributed by atoms with E-state index in [0.717, 1.165) is 25.8 Å². The van der Waals surface area contributed by atoms with E-state index >= 15 is 0 Å². The van der Waals surface area contributed by atoms with Gasteiger partial charge >= 0.3 is 6.18 Å².